The molecule has 3 nitrogen and oxygen atoms in total. The molecule has 1 aromatic heterocycles. The van der Waals surface area contributed by atoms with E-state index >= 15 is 0 Å². The summed E-state index contributed by atoms with van der Waals surface area (Å²) < 4.78 is 32.8. The minimum atomic E-state index is -0.448. The van der Waals surface area contributed by atoms with Gasteiger partial charge in [0, 0.05) is 55.8 Å². The van der Waals surface area contributed by atoms with Gasteiger partial charge in [0.2, 0.25) is 0 Å². The molecule has 1 aliphatic rings. The highest BCUT2D eigenvalue weighted by Crippen LogP contribution is 2.30. The van der Waals surface area contributed by atoms with E-state index in [0.717, 1.165) is 49.7 Å². The van der Waals surface area contributed by atoms with Crippen molar-refractivity contribution in [3.05, 3.63) is 81.5 Å². The summed E-state index contributed by atoms with van der Waals surface area (Å²) >= 11 is 7.56. The van der Waals surface area contributed by atoms with E-state index in [2.05, 4.69) is 15.9 Å². The van der Waals surface area contributed by atoms with Gasteiger partial charge in [-0.3, -0.25) is 4.90 Å². The van der Waals surface area contributed by atoms with E-state index in [1.807, 2.05) is 23.6 Å². The van der Waals surface area contributed by atoms with E-state index in [9.17, 15) is 8.78 Å². The Kier molecular flexibility index (Phi) is 6.87. The first kappa shape index (κ1) is 21.1. The van der Waals surface area contributed by atoms with Crippen LogP contribution in [0.1, 0.15) is 17.4 Å². The minimum Gasteiger partial charge on any atom is -0.485 e. The zero-order valence-electron chi connectivity index (χ0n) is 16.4. The van der Waals surface area contributed by atoms with Crippen LogP contribution in [0.3, 0.4) is 0 Å². The topological polar surface area (TPSA) is 15.7 Å². The van der Waals surface area contributed by atoms with Gasteiger partial charge >= 0.3 is 0 Å². The van der Waals surface area contributed by atoms with Gasteiger partial charge in [0.25, 0.3) is 0 Å². The summed E-state index contributed by atoms with van der Waals surface area (Å²) in [6.45, 7) is 4.59. The molecule has 1 saturated heterocycles. The average molecular weight is 449 g/mol. The van der Waals surface area contributed by atoms with Crippen LogP contribution in [-0.4, -0.2) is 37.6 Å². The molecule has 0 N–H and O–H groups in total. The number of benzene rings is 2. The molecule has 1 aliphatic heterocycles. The Morgan fingerprint density at radius 3 is 2.43 bits per heavy atom. The number of piperazine rings is 1. The molecule has 2 heterocycles. The summed E-state index contributed by atoms with van der Waals surface area (Å²) in [7, 11) is 0. The van der Waals surface area contributed by atoms with Gasteiger partial charge in [0.1, 0.15) is 23.5 Å². The van der Waals surface area contributed by atoms with Crippen LogP contribution in [0.25, 0.3) is 0 Å². The van der Waals surface area contributed by atoms with Crippen LogP contribution in [0.4, 0.5) is 14.5 Å². The van der Waals surface area contributed by atoms with E-state index in [1.165, 1.54) is 24.3 Å². The summed E-state index contributed by atoms with van der Waals surface area (Å²) in [4.78, 5) is 5.84. The molecular weight excluding hydrogens is 426 g/mol. The zero-order valence-corrected chi connectivity index (χ0v) is 18.0. The lowest BCUT2D eigenvalue weighted by Gasteiger charge is -2.36. The molecule has 0 amide bonds. The molecule has 1 atom stereocenters. The van der Waals surface area contributed by atoms with E-state index < -0.39 is 5.82 Å². The normalized spacial score (nSPS) is 15.9. The number of halogens is 3. The number of rotatable bonds is 7. The summed E-state index contributed by atoms with van der Waals surface area (Å²) in [6.07, 6.45) is 0.716. The van der Waals surface area contributed by atoms with E-state index in [4.69, 9.17) is 16.3 Å². The third-order valence-corrected chi connectivity index (χ3v) is 6.56. The van der Waals surface area contributed by atoms with Crippen molar-refractivity contribution in [2.75, 3.05) is 37.6 Å². The van der Waals surface area contributed by atoms with Crippen molar-refractivity contribution >= 4 is 28.6 Å². The third-order valence-electron chi connectivity index (χ3n) is 5.30. The Bertz CT molecular complexity index is 944. The van der Waals surface area contributed by atoms with Gasteiger partial charge in [-0.25, -0.2) is 8.78 Å². The summed E-state index contributed by atoms with van der Waals surface area (Å²) in [5.41, 5.74) is 1.06. The highest BCUT2D eigenvalue weighted by molar-refractivity contribution is 7.10. The molecule has 158 valence electrons. The van der Waals surface area contributed by atoms with Crippen molar-refractivity contribution in [2.24, 2.45) is 0 Å². The molecule has 0 bridgehead atoms. The number of anilines is 1. The van der Waals surface area contributed by atoms with Crippen molar-refractivity contribution < 1.29 is 13.5 Å². The highest BCUT2D eigenvalue weighted by atomic mass is 35.5. The maximum atomic E-state index is 13.5. The Morgan fingerprint density at radius 2 is 1.77 bits per heavy atom. The van der Waals surface area contributed by atoms with Gasteiger partial charge < -0.3 is 9.64 Å². The standard InChI is InChI=1S/C23H23ClF2N2OS/c24-20-16-19(7-8-21(20)26)29-22(23-2-1-15-30-23)9-10-27-11-13-28(14-12-27)18-5-3-17(25)4-6-18/h1-8,15-16,22H,9-14H2. The molecule has 3 aromatic rings. The quantitative estimate of drug-likeness (QED) is 0.440. The third kappa shape index (κ3) is 5.31. The molecule has 7 heteroatoms. The first-order chi connectivity index (χ1) is 14.6. The molecule has 0 saturated carbocycles. The van der Waals surface area contributed by atoms with Crippen molar-refractivity contribution in [1.29, 1.82) is 0 Å². The smallest absolute Gasteiger partial charge is 0.142 e. The Labute approximate surface area is 184 Å². The predicted octanol–water partition coefficient (Wildman–Crippen LogP) is 6.01. The largest absolute Gasteiger partial charge is 0.485 e. The fraction of sp³-hybridized carbons (Fsp3) is 0.304. The number of ether oxygens (including phenoxy) is 1. The maximum absolute atomic E-state index is 13.5. The van der Waals surface area contributed by atoms with Gasteiger partial charge in [-0.15, -0.1) is 11.3 Å². The fourth-order valence-electron chi connectivity index (χ4n) is 3.63. The van der Waals surface area contributed by atoms with E-state index in [1.54, 1.807) is 17.4 Å². The lowest BCUT2D eigenvalue weighted by atomic mass is 10.1. The molecule has 1 unspecified atom stereocenters. The molecule has 0 spiro atoms. The van der Waals surface area contributed by atoms with Crippen LogP contribution >= 0.6 is 22.9 Å². The second-order valence-corrected chi connectivity index (χ2v) is 8.68. The molecule has 2 aromatic carbocycles. The summed E-state index contributed by atoms with van der Waals surface area (Å²) in [5.74, 6) is -0.0870. The van der Waals surface area contributed by atoms with Crippen LogP contribution in [-0.2, 0) is 0 Å². The molecule has 1 fully saturated rings. The maximum Gasteiger partial charge on any atom is 0.142 e. The predicted molar refractivity (Wildman–Crippen MR) is 119 cm³/mol. The van der Waals surface area contributed by atoms with Gasteiger partial charge in [0.05, 0.1) is 5.02 Å². The second-order valence-electron chi connectivity index (χ2n) is 7.29. The summed E-state index contributed by atoms with van der Waals surface area (Å²) in [6, 6.07) is 15.2. The van der Waals surface area contributed by atoms with Crippen molar-refractivity contribution in [3.8, 4) is 5.75 Å². The molecule has 4 rings (SSSR count). The van der Waals surface area contributed by atoms with Gasteiger partial charge in [-0.05, 0) is 47.8 Å². The van der Waals surface area contributed by atoms with E-state index in [-0.39, 0.29) is 16.9 Å². The van der Waals surface area contributed by atoms with Crippen LogP contribution in [0.15, 0.2) is 60.0 Å². The highest BCUT2D eigenvalue weighted by Gasteiger charge is 2.21. The lowest BCUT2D eigenvalue weighted by molar-refractivity contribution is 0.162. The Balaban J connectivity index is 1.34. The second kappa shape index (κ2) is 9.77. The first-order valence-corrected chi connectivity index (χ1v) is 11.2. The fourth-order valence-corrected chi connectivity index (χ4v) is 4.59. The molecule has 0 aliphatic carbocycles. The van der Waals surface area contributed by atoms with Gasteiger partial charge in [0.15, 0.2) is 0 Å². The number of hydrogen-bond donors (Lipinski definition) is 0. The van der Waals surface area contributed by atoms with Crippen molar-refractivity contribution in [2.45, 2.75) is 12.5 Å². The molecule has 30 heavy (non-hydrogen) atoms. The van der Waals surface area contributed by atoms with Crippen LogP contribution in [0, 0.1) is 11.6 Å². The van der Waals surface area contributed by atoms with Crippen molar-refractivity contribution in [3.63, 3.8) is 0 Å². The zero-order chi connectivity index (χ0) is 20.9. The number of nitrogens with zero attached hydrogens (tertiary/aromatic N) is 2. The average Bonchev–Trinajstić information content (AvgIpc) is 3.29. The van der Waals surface area contributed by atoms with E-state index in [0.29, 0.717) is 5.75 Å². The Morgan fingerprint density at radius 1 is 1.00 bits per heavy atom. The molecular formula is C23H23ClF2N2OS. The lowest BCUT2D eigenvalue weighted by Crippen LogP contribution is -2.46. The minimum absolute atomic E-state index is 0.0642. The Hall–Kier alpha value is -2.15. The van der Waals surface area contributed by atoms with Crippen molar-refractivity contribution in [1.82, 2.24) is 4.90 Å². The van der Waals surface area contributed by atoms with Crippen LogP contribution in [0.5, 0.6) is 5.75 Å². The van der Waals surface area contributed by atoms with Crippen LogP contribution < -0.4 is 9.64 Å². The van der Waals surface area contributed by atoms with Crippen LogP contribution in [0.2, 0.25) is 5.02 Å². The van der Waals surface area contributed by atoms with Gasteiger partial charge in [-0.1, -0.05) is 17.7 Å². The number of hydrogen-bond acceptors (Lipinski definition) is 4. The number of thiophene rings is 1. The first-order valence-electron chi connectivity index (χ1n) is 9.96. The van der Waals surface area contributed by atoms with Gasteiger partial charge in [-0.2, -0.15) is 0 Å². The SMILES string of the molecule is Fc1ccc(N2CCN(CCC(Oc3ccc(F)c(Cl)c3)c3cccs3)CC2)cc1. The summed E-state index contributed by atoms with van der Waals surface area (Å²) in [5, 5.41) is 2.10. The molecule has 0 radical (unpaired) electrons. The monoisotopic (exact) mass is 448 g/mol.